The Kier molecular flexibility index (Phi) is 9.42. The van der Waals surface area contributed by atoms with Crippen LogP contribution in [-0.4, -0.2) is 37.6 Å². The minimum Gasteiger partial charge on any atom is -0.317 e. The van der Waals surface area contributed by atoms with E-state index in [1.807, 2.05) is 0 Å². The molecule has 14 heavy (non-hydrogen) atoms. The maximum atomic E-state index is 3.41. The van der Waals surface area contributed by atoms with Gasteiger partial charge in [-0.2, -0.15) is 0 Å². The molecule has 0 saturated heterocycles. The van der Waals surface area contributed by atoms with Crippen LogP contribution in [0.1, 0.15) is 40.5 Å². The number of nitrogens with one attached hydrogen (secondary N) is 1. The molecule has 86 valence electrons. The highest BCUT2D eigenvalue weighted by Gasteiger charge is 2.07. The van der Waals surface area contributed by atoms with E-state index in [-0.39, 0.29) is 0 Å². The summed E-state index contributed by atoms with van der Waals surface area (Å²) in [4.78, 5) is 2.59. The van der Waals surface area contributed by atoms with Crippen molar-refractivity contribution in [3.63, 3.8) is 0 Å². The number of hydrogen-bond acceptors (Lipinski definition) is 2. The van der Waals surface area contributed by atoms with Gasteiger partial charge in [0.25, 0.3) is 0 Å². The molecule has 0 aromatic rings. The zero-order valence-electron chi connectivity index (χ0n) is 10.5. The quantitative estimate of drug-likeness (QED) is 0.614. The lowest BCUT2D eigenvalue weighted by Crippen LogP contribution is -2.34. The molecule has 2 heteroatoms. The van der Waals surface area contributed by atoms with Crippen LogP contribution in [0.4, 0.5) is 0 Å². The molecule has 0 rings (SSSR count). The fourth-order valence-electron chi connectivity index (χ4n) is 1.82. The van der Waals surface area contributed by atoms with E-state index in [0.29, 0.717) is 0 Å². The number of hydrogen-bond donors (Lipinski definition) is 1. The minimum absolute atomic E-state index is 0.771. The van der Waals surface area contributed by atoms with Crippen LogP contribution in [0.5, 0.6) is 0 Å². The van der Waals surface area contributed by atoms with Gasteiger partial charge in [0.15, 0.2) is 0 Å². The van der Waals surface area contributed by atoms with E-state index in [4.69, 9.17) is 0 Å². The third-order valence-electron chi connectivity index (χ3n) is 2.39. The zero-order chi connectivity index (χ0) is 10.8. The van der Waals surface area contributed by atoms with Crippen LogP contribution < -0.4 is 5.32 Å². The van der Waals surface area contributed by atoms with Gasteiger partial charge < -0.3 is 10.2 Å². The summed E-state index contributed by atoms with van der Waals surface area (Å²) in [5.41, 5.74) is 0. The second-order valence-corrected chi connectivity index (χ2v) is 4.21. The topological polar surface area (TPSA) is 15.3 Å². The fraction of sp³-hybridized carbons (Fsp3) is 1.00. The Morgan fingerprint density at radius 2 is 1.64 bits per heavy atom. The van der Waals surface area contributed by atoms with Gasteiger partial charge in [-0.05, 0) is 44.9 Å². The van der Waals surface area contributed by atoms with Crippen molar-refractivity contribution in [1.82, 2.24) is 10.2 Å². The lowest BCUT2D eigenvalue weighted by Gasteiger charge is -2.24. The SMILES string of the molecule is CCCN(CCC)CC(C)CNCC. The van der Waals surface area contributed by atoms with Gasteiger partial charge in [-0.3, -0.25) is 0 Å². The molecular weight excluding hydrogens is 172 g/mol. The smallest absolute Gasteiger partial charge is 0.00191 e. The normalized spacial score (nSPS) is 13.5. The molecule has 0 aromatic heterocycles. The van der Waals surface area contributed by atoms with Crippen molar-refractivity contribution < 1.29 is 0 Å². The first-order valence-electron chi connectivity index (χ1n) is 6.17. The summed E-state index contributed by atoms with van der Waals surface area (Å²) in [7, 11) is 0. The van der Waals surface area contributed by atoms with Crippen LogP contribution in [0.3, 0.4) is 0 Å². The van der Waals surface area contributed by atoms with Gasteiger partial charge in [0.05, 0.1) is 0 Å². The van der Waals surface area contributed by atoms with E-state index < -0.39 is 0 Å². The van der Waals surface area contributed by atoms with Crippen molar-refractivity contribution >= 4 is 0 Å². The van der Waals surface area contributed by atoms with Gasteiger partial charge in [0.2, 0.25) is 0 Å². The van der Waals surface area contributed by atoms with Crippen molar-refractivity contribution in [1.29, 1.82) is 0 Å². The van der Waals surface area contributed by atoms with Crippen LogP contribution in [0.25, 0.3) is 0 Å². The van der Waals surface area contributed by atoms with Crippen LogP contribution in [0, 0.1) is 5.92 Å². The Hall–Kier alpha value is -0.0800. The minimum atomic E-state index is 0.771. The molecule has 0 amide bonds. The molecule has 0 saturated carbocycles. The van der Waals surface area contributed by atoms with E-state index in [2.05, 4.69) is 37.9 Å². The lowest BCUT2D eigenvalue weighted by molar-refractivity contribution is 0.235. The summed E-state index contributed by atoms with van der Waals surface area (Å²) >= 11 is 0. The summed E-state index contributed by atoms with van der Waals surface area (Å²) in [6.45, 7) is 15.0. The van der Waals surface area contributed by atoms with E-state index in [9.17, 15) is 0 Å². The van der Waals surface area contributed by atoms with Gasteiger partial charge in [-0.1, -0.05) is 27.7 Å². The second kappa shape index (κ2) is 9.47. The Morgan fingerprint density at radius 1 is 1.07 bits per heavy atom. The van der Waals surface area contributed by atoms with Gasteiger partial charge in [-0.15, -0.1) is 0 Å². The maximum absolute atomic E-state index is 3.41. The first-order chi connectivity index (χ1) is 6.74. The summed E-state index contributed by atoms with van der Waals surface area (Å²) in [5.74, 6) is 0.771. The molecule has 0 aliphatic rings. The van der Waals surface area contributed by atoms with Crippen LogP contribution >= 0.6 is 0 Å². The largest absolute Gasteiger partial charge is 0.317 e. The Labute approximate surface area is 90.1 Å². The van der Waals surface area contributed by atoms with E-state index in [1.165, 1.54) is 32.5 Å². The van der Waals surface area contributed by atoms with E-state index >= 15 is 0 Å². The van der Waals surface area contributed by atoms with E-state index in [0.717, 1.165) is 19.0 Å². The molecule has 0 radical (unpaired) electrons. The Balaban J connectivity index is 3.64. The fourth-order valence-corrected chi connectivity index (χ4v) is 1.82. The van der Waals surface area contributed by atoms with Gasteiger partial charge in [0, 0.05) is 6.54 Å². The average molecular weight is 200 g/mol. The molecule has 1 N–H and O–H groups in total. The summed E-state index contributed by atoms with van der Waals surface area (Å²) in [6.07, 6.45) is 2.54. The standard InChI is InChI=1S/C12H28N2/c1-5-8-14(9-6-2)11-12(4)10-13-7-3/h12-13H,5-11H2,1-4H3. The van der Waals surface area contributed by atoms with Gasteiger partial charge >= 0.3 is 0 Å². The molecular formula is C12H28N2. The molecule has 0 spiro atoms. The van der Waals surface area contributed by atoms with Crippen LogP contribution in [-0.2, 0) is 0 Å². The zero-order valence-corrected chi connectivity index (χ0v) is 10.5. The number of nitrogens with zero attached hydrogens (tertiary/aromatic N) is 1. The lowest BCUT2D eigenvalue weighted by atomic mass is 10.1. The monoisotopic (exact) mass is 200 g/mol. The Bertz CT molecular complexity index is 109. The molecule has 0 aliphatic carbocycles. The average Bonchev–Trinajstić information content (AvgIpc) is 2.15. The molecule has 0 heterocycles. The Morgan fingerprint density at radius 3 is 2.07 bits per heavy atom. The summed E-state index contributed by atoms with van der Waals surface area (Å²) in [6, 6.07) is 0. The molecule has 0 aliphatic heterocycles. The van der Waals surface area contributed by atoms with Gasteiger partial charge in [0.1, 0.15) is 0 Å². The van der Waals surface area contributed by atoms with Crippen LogP contribution in [0.15, 0.2) is 0 Å². The third kappa shape index (κ3) is 7.34. The predicted octanol–water partition coefficient (Wildman–Crippen LogP) is 2.35. The highest BCUT2D eigenvalue weighted by molar-refractivity contribution is 4.63. The summed E-state index contributed by atoms with van der Waals surface area (Å²) < 4.78 is 0. The predicted molar refractivity (Wildman–Crippen MR) is 64.7 cm³/mol. The van der Waals surface area contributed by atoms with Crippen LogP contribution in [0.2, 0.25) is 0 Å². The highest BCUT2D eigenvalue weighted by atomic mass is 15.1. The van der Waals surface area contributed by atoms with Crippen molar-refractivity contribution in [3.05, 3.63) is 0 Å². The summed E-state index contributed by atoms with van der Waals surface area (Å²) in [5, 5.41) is 3.41. The highest BCUT2D eigenvalue weighted by Crippen LogP contribution is 2.01. The van der Waals surface area contributed by atoms with Crippen molar-refractivity contribution in [2.75, 3.05) is 32.7 Å². The first-order valence-corrected chi connectivity index (χ1v) is 6.17. The first kappa shape index (κ1) is 13.9. The molecule has 1 atom stereocenters. The molecule has 0 aromatic carbocycles. The third-order valence-corrected chi connectivity index (χ3v) is 2.39. The molecule has 0 bridgehead atoms. The van der Waals surface area contributed by atoms with Crippen molar-refractivity contribution in [3.8, 4) is 0 Å². The second-order valence-electron chi connectivity index (χ2n) is 4.21. The van der Waals surface area contributed by atoms with Crippen molar-refractivity contribution in [2.45, 2.75) is 40.5 Å². The van der Waals surface area contributed by atoms with Gasteiger partial charge in [-0.25, -0.2) is 0 Å². The molecule has 1 unspecified atom stereocenters. The molecule has 2 nitrogen and oxygen atoms in total. The van der Waals surface area contributed by atoms with Crippen molar-refractivity contribution in [2.24, 2.45) is 5.92 Å². The maximum Gasteiger partial charge on any atom is 0.00191 e. The molecule has 0 fully saturated rings. The number of rotatable bonds is 9. The van der Waals surface area contributed by atoms with E-state index in [1.54, 1.807) is 0 Å².